The Balaban J connectivity index is 1.78. The number of halogens is 3. The van der Waals surface area contributed by atoms with E-state index in [4.69, 9.17) is 0 Å². The third-order valence-electron chi connectivity index (χ3n) is 4.21. The summed E-state index contributed by atoms with van der Waals surface area (Å²) in [7, 11) is 0. The van der Waals surface area contributed by atoms with Crippen LogP contribution in [0.4, 0.5) is 18.9 Å². The van der Waals surface area contributed by atoms with Gasteiger partial charge in [0.1, 0.15) is 0 Å². The van der Waals surface area contributed by atoms with Crippen molar-refractivity contribution < 1.29 is 18.0 Å². The van der Waals surface area contributed by atoms with E-state index in [0.717, 1.165) is 17.4 Å². The summed E-state index contributed by atoms with van der Waals surface area (Å²) >= 11 is 0.724. The summed E-state index contributed by atoms with van der Waals surface area (Å²) in [4.78, 5) is 29.7. The van der Waals surface area contributed by atoms with Crippen LogP contribution in [0.5, 0.6) is 0 Å². The molecule has 1 unspecified atom stereocenters. The van der Waals surface area contributed by atoms with E-state index in [1.807, 2.05) is 30.3 Å². The lowest BCUT2D eigenvalue weighted by atomic mass is 10.3. The molecule has 0 radical (unpaired) electrons. The van der Waals surface area contributed by atoms with Crippen molar-refractivity contribution >= 4 is 23.4 Å². The molecule has 11 heteroatoms. The lowest BCUT2D eigenvalue weighted by molar-refractivity contribution is -0.141. The van der Waals surface area contributed by atoms with Gasteiger partial charge in [-0.1, -0.05) is 30.0 Å². The number of carbonyl (C=O) groups excluding carboxylic acids is 1. The largest absolute Gasteiger partial charge is 0.433 e. The van der Waals surface area contributed by atoms with Crippen LogP contribution >= 0.6 is 11.8 Å². The summed E-state index contributed by atoms with van der Waals surface area (Å²) in [5.74, 6) is -0.459. The van der Waals surface area contributed by atoms with Gasteiger partial charge in [-0.05, 0) is 32.9 Å². The molecule has 2 heterocycles. The number of thioether (sulfide) groups is 1. The summed E-state index contributed by atoms with van der Waals surface area (Å²) in [5.41, 5.74) is 0.386. The van der Waals surface area contributed by atoms with Crippen molar-refractivity contribution in [3.05, 3.63) is 63.8 Å². The maximum absolute atomic E-state index is 12.8. The van der Waals surface area contributed by atoms with Crippen LogP contribution in [-0.2, 0) is 11.0 Å². The lowest BCUT2D eigenvalue weighted by Crippen LogP contribution is -2.24. The standard InChI is InChI=1S/C19H18F3N5O2S/c1-10-16(11(2)27(26-10)13-7-5-4-6-8-13)25-17(29)12(3)30-18-23-14(19(20,21)22)9-15(28)24-18/h4-9,12H,1-3H3,(H,25,29)(H,23,24,28). The van der Waals surface area contributed by atoms with Gasteiger partial charge in [-0.3, -0.25) is 9.59 Å². The number of rotatable bonds is 5. The zero-order valence-electron chi connectivity index (χ0n) is 16.2. The molecule has 0 saturated carbocycles. The van der Waals surface area contributed by atoms with Crippen molar-refractivity contribution in [1.82, 2.24) is 19.7 Å². The molecule has 0 bridgehead atoms. The molecule has 1 amide bonds. The van der Waals surface area contributed by atoms with E-state index >= 15 is 0 Å². The van der Waals surface area contributed by atoms with Crippen LogP contribution in [0.1, 0.15) is 24.0 Å². The summed E-state index contributed by atoms with van der Waals surface area (Å²) < 4.78 is 40.2. The second-order valence-corrected chi connectivity index (χ2v) is 7.81. The molecule has 3 aromatic rings. The highest BCUT2D eigenvalue weighted by molar-refractivity contribution is 8.00. The number of benzene rings is 1. The first-order valence-corrected chi connectivity index (χ1v) is 9.72. The summed E-state index contributed by atoms with van der Waals surface area (Å²) in [6.07, 6.45) is -4.75. The van der Waals surface area contributed by atoms with Crippen molar-refractivity contribution in [2.75, 3.05) is 5.32 Å². The van der Waals surface area contributed by atoms with E-state index in [9.17, 15) is 22.8 Å². The zero-order valence-corrected chi connectivity index (χ0v) is 17.1. The lowest BCUT2D eigenvalue weighted by Gasteiger charge is -2.13. The Kier molecular flexibility index (Phi) is 6.01. The SMILES string of the molecule is Cc1nn(-c2ccccc2)c(C)c1NC(=O)C(C)Sc1nc(C(F)(F)F)cc(=O)[nH]1. The van der Waals surface area contributed by atoms with Gasteiger partial charge >= 0.3 is 6.18 Å². The fraction of sp³-hybridized carbons (Fsp3) is 0.263. The second kappa shape index (κ2) is 8.34. The van der Waals surface area contributed by atoms with Crippen LogP contribution in [0.15, 0.2) is 46.3 Å². The minimum atomic E-state index is -4.75. The Hall–Kier alpha value is -3.08. The van der Waals surface area contributed by atoms with E-state index in [1.165, 1.54) is 6.92 Å². The number of aryl methyl sites for hydroxylation is 1. The van der Waals surface area contributed by atoms with Gasteiger partial charge in [-0.25, -0.2) is 9.67 Å². The Morgan fingerprint density at radius 2 is 1.90 bits per heavy atom. The third-order valence-corrected chi connectivity index (χ3v) is 5.19. The number of para-hydroxylation sites is 1. The van der Waals surface area contributed by atoms with Crippen LogP contribution in [0.25, 0.3) is 5.69 Å². The number of amides is 1. The molecule has 0 saturated heterocycles. The summed E-state index contributed by atoms with van der Waals surface area (Å²) in [6, 6.07) is 9.73. The quantitative estimate of drug-likeness (QED) is 0.469. The first-order valence-electron chi connectivity index (χ1n) is 8.84. The molecule has 1 atom stereocenters. The molecule has 0 spiro atoms. The Morgan fingerprint density at radius 1 is 1.23 bits per heavy atom. The van der Waals surface area contributed by atoms with Crippen molar-refractivity contribution in [1.29, 1.82) is 0 Å². The predicted molar refractivity (Wildman–Crippen MR) is 107 cm³/mol. The van der Waals surface area contributed by atoms with Gasteiger partial charge in [0.05, 0.1) is 28.0 Å². The summed E-state index contributed by atoms with van der Waals surface area (Å²) in [6.45, 7) is 5.05. The molecule has 0 aliphatic heterocycles. The first kappa shape index (κ1) is 21.6. The van der Waals surface area contributed by atoms with Crippen LogP contribution < -0.4 is 10.9 Å². The number of H-pyrrole nitrogens is 1. The van der Waals surface area contributed by atoms with Crippen molar-refractivity contribution in [2.45, 2.75) is 37.4 Å². The highest BCUT2D eigenvalue weighted by Crippen LogP contribution is 2.29. The van der Waals surface area contributed by atoms with Gasteiger partial charge in [0.2, 0.25) is 5.91 Å². The molecule has 7 nitrogen and oxygen atoms in total. The molecule has 2 aromatic heterocycles. The van der Waals surface area contributed by atoms with Gasteiger partial charge in [-0.15, -0.1) is 0 Å². The molecule has 3 rings (SSSR count). The fourth-order valence-corrected chi connectivity index (χ4v) is 3.54. The maximum atomic E-state index is 12.8. The topological polar surface area (TPSA) is 92.7 Å². The number of carbonyl (C=O) groups is 1. The molecule has 1 aromatic carbocycles. The van der Waals surface area contributed by atoms with E-state index in [1.54, 1.807) is 18.5 Å². The van der Waals surface area contributed by atoms with Crippen LogP contribution in [0, 0.1) is 13.8 Å². The van der Waals surface area contributed by atoms with Crippen LogP contribution in [0.3, 0.4) is 0 Å². The van der Waals surface area contributed by atoms with Crippen molar-refractivity contribution in [3.8, 4) is 5.69 Å². The molecular formula is C19H18F3N5O2S. The number of hydrogen-bond donors (Lipinski definition) is 2. The first-order chi connectivity index (χ1) is 14.1. The van der Waals surface area contributed by atoms with Gasteiger partial charge in [-0.2, -0.15) is 18.3 Å². The van der Waals surface area contributed by atoms with Gasteiger partial charge < -0.3 is 10.3 Å². The average molecular weight is 437 g/mol. The van der Waals surface area contributed by atoms with Gasteiger partial charge in [0.15, 0.2) is 10.9 Å². The zero-order chi connectivity index (χ0) is 22.1. The predicted octanol–water partition coefficient (Wildman–Crippen LogP) is 3.71. The third kappa shape index (κ3) is 4.73. The molecular weight excluding hydrogens is 419 g/mol. The molecule has 158 valence electrons. The highest BCUT2D eigenvalue weighted by Gasteiger charge is 2.34. The van der Waals surface area contributed by atoms with Crippen LogP contribution in [-0.4, -0.2) is 30.9 Å². The second-order valence-electron chi connectivity index (χ2n) is 6.48. The Labute approximate surface area is 173 Å². The Morgan fingerprint density at radius 3 is 2.53 bits per heavy atom. The minimum Gasteiger partial charge on any atom is -0.322 e. The van der Waals surface area contributed by atoms with Crippen molar-refractivity contribution in [2.24, 2.45) is 0 Å². The van der Waals surface area contributed by atoms with Crippen LogP contribution in [0.2, 0.25) is 0 Å². The minimum absolute atomic E-state index is 0.286. The van der Waals surface area contributed by atoms with E-state index in [2.05, 4.69) is 20.4 Å². The number of aromatic amines is 1. The molecule has 0 aliphatic carbocycles. The molecule has 0 aliphatic rings. The monoisotopic (exact) mass is 437 g/mol. The molecule has 2 N–H and O–H groups in total. The van der Waals surface area contributed by atoms with Gasteiger partial charge in [0.25, 0.3) is 5.56 Å². The number of alkyl halides is 3. The van der Waals surface area contributed by atoms with Crippen molar-refractivity contribution in [3.63, 3.8) is 0 Å². The number of hydrogen-bond acceptors (Lipinski definition) is 5. The number of nitrogens with one attached hydrogen (secondary N) is 2. The van der Waals surface area contributed by atoms with E-state index < -0.39 is 28.6 Å². The highest BCUT2D eigenvalue weighted by atomic mass is 32.2. The normalized spacial score (nSPS) is 12.6. The van der Waals surface area contributed by atoms with Gasteiger partial charge in [0, 0.05) is 6.07 Å². The smallest absolute Gasteiger partial charge is 0.322 e. The Bertz CT molecular complexity index is 1130. The van der Waals surface area contributed by atoms with E-state index in [0.29, 0.717) is 23.1 Å². The number of nitrogens with zero attached hydrogens (tertiary/aromatic N) is 3. The molecule has 0 fully saturated rings. The molecule has 30 heavy (non-hydrogen) atoms. The number of anilines is 1. The number of aromatic nitrogens is 4. The average Bonchev–Trinajstić information content (AvgIpc) is 2.95. The maximum Gasteiger partial charge on any atom is 0.433 e. The summed E-state index contributed by atoms with van der Waals surface area (Å²) in [5, 5.41) is 6.09. The van der Waals surface area contributed by atoms with E-state index in [-0.39, 0.29) is 5.16 Å². The fourth-order valence-electron chi connectivity index (χ4n) is 2.73.